The number of hydrogen-bond acceptors (Lipinski definition) is 5. The maximum Gasteiger partial charge on any atom is 0.358 e. The van der Waals surface area contributed by atoms with Crippen LogP contribution in [0.3, 0.4) is 0 Å². The van der Waals surface area contributed by atoms with Gasteiger partial charge in [0.25, 0.3) is 0 Å². The van der Waals surface area contributed by atoms with Crippen LogP contribution in [0.5, 0.6) is 0 Å². The second kappa shape index (κ2) is 4.60. The number of nitrogens with one attached hydrogen (secondary N) is 1. The Hall–Kier alpha value is -2.44. The molecule has 0 spiro atoms. The van der Waals surface area contributed by atoms with E-state index < -0.39 is 5.97 Å². The van der Waals surface area contributed by atoms with E-state index in [1.54, 1.807) is 17.1 Å². The highest BCUT2D eigenvalue weighted by Gasteiger charge is 2.12. The Morgan fingerprint density at radius 1 is 1.47 bits per heavy atom. The molecule has 0 aliphatic carbocycles. The Labute approximate surface area is 97.1 Å². The standard InChI is InChI=1S/C10H11N5O2/c1-2-15-6-7(5-13-15)14-9-8(10(16)17)11-3-4-12-9/h3-6H,2H2,1H3,(H,12,14)(H,16,17). The van der Waals surface area contributed by atoms with Crippen molar-refractivity contribution in [2.45, 2.75) is 13.5 Å². The summed E-state index contributed by atoms with van der Waals surface area (Å²) in [7, 11) is 0. The largest absolute Gasteiger partial charge is 0.476 e. The summed E-state index contributed by atoms with van der Waals surface area (Å²) in [5, 5.41) is 15.9. The van der Waals surface area contributed by atoms with Gasteiger partial charge in [-0.15, -0.1) is 0 Å². The highest BCUT2D eigenvalue weighted by molar-refractivity contribution is 5.91. The average Bonchev–Trinajstić information content (AvgIpc) is 2.77. The van der Waals surface area contributed by atoms with Crippen LogP contribution in [0.1, 0.15) is 17.4 Å². The number of hydrogen-bond donors (Lipinski definition) is 2. The summed E-state index contributed by atoms with van der Waals surface area (Å²) >= 11 is 0. The van der Waals surface area contributed by atoms with E-state index >= 15 is 0 Å². The minimum absolute atomic E-state index is 0.114. The molecular weight excluding hydrogens is 222 g/mol. The molecule has 0 bridgehead atoms. The summed E-state index contributed by atoms with van der Waals surface area (Å²) in [5.41, 5.74) is 0.562. The molecule has 0 unspecified atom stereocenters. The number of aryl methyl sites for hydroxylation is 1. The molecule has 2 aromatic heterocycles. The van der Waals surface area contributed by atoms with Crippen molar-refractivity contribution in [3.05, 3.63) is 30.5 Å². The third-order valence-corrected chi connectivity index (χ3v) is 2.12. The molecule has 0 amide bonds. The molecule has 0 saturated heterocycles. The van der Waals surface area contributed by atoms with E-state index in [2.05, 4.69) is 20.4 Å². The van der Waals surface area contributed by atoms with Crippen molar-refractivity contribution in [3.63, 3.8) is 0 Å². The van der Waals surface area contributed by atoms with Gasteiger partial charge in [0, 0.05) is 25.1 Å². The number of carboxylic acids is 1. The lowest BCUT2D eigenvalue weighted by atomic mass is 10.4. The highest BCUT2D eigenvalue weighted by atomic mass is 16.4. The van der Waals surface area contributed by atoms with Gasteiger partial charge in [0.15, 0.2) is 11.5 Å². The molecule has 88 valence electrons. The van der Waals surface area contributed by atoms with Crippen LogP contribution in [0.15, 0.2) is 24.8 Å². The lowest BCUT2D eigenvalue weighted by Crippen LogP contribution is -2.06. The Morgan fingerprint density at radius 3 is 2.88 bits per heavy atom. The van der Waals surface area contributed by atoms with Gasteiger partial charge in [-0.25, -0.2) is 14.8 Å². The first-order valence-corrected chi connectivity index (χ1v) is 5.04. The van der Waals surface area contributed by atoms with Crippen LogP contribution in [0, 0.1) is 0 Å². The van der Waals surface area contributed by atoms with Gasteiger partial charge in [-0.3, -0.25) is 4.68 Å². The van der Waals surface area contributed by atoms with Crippen LogP contribution >= 0.6 is 0 Å². The van der Waals surface area contributed by atoms with Gasteiger partial charge in [0.05, 0.1) is 11.9 Å². The minimum Gasteiger partial charge on any atom is -0.476 e. The lowest BCUT2D eigenvalue weighted by Gasteiger charge is -2.04. The predicted octanol–water partition coefficient (Wildman–Crippen LogP) is 1.13. The minimum atomic E-state index is -1.12. The first-order valence-electron chi connectivity index (χ1n) is 5.04. The molecule has 7 heteroatoms. The molecular formula is C10H11N5O2. The molecule has 2 heterocycles. The fraction of sp³-hybridized carbons (Fsp3) is 0.200. The molecule has 2 rings (SSSR count). The van der Waals surface area contributed by atoms with Gasteiger partial charge < -0.3 is 10.4 Å². The predicted molar refractivity (Wildman–Crippen MR) is 60.2 cm³/mol. The van der Waals surface area contributed by atoms with E-state index in [4.69, 9.17) is 5.11 Å². The Bertz CT molecular complexity index is 537. The van der Waals surface area contributed by atoms with E-state index in [-0.39, 0.29) is 11.5 Å². The number of nitrogens with zero attached hydrogens (tertiary/aromatic N) is 4. The molecule has 0 aromatic carbocycles. The third-order valence-electron chi connectivity index (χ3n) is 2.12. The molecule has 0 aliphatic rings. The van der Waals surface area contributed by atoms with E-state index in [0.29, 0.717) is 5.69 Å². The summed E-state index contributed by atoms with van der Waals surface area (Å²) in [6, 6.07) is 0. The monoisotopic (exact) mass is 233 g/mol. The van der Waals surface area contributed by atoms with Crippen molar-refractivity contribution in [2.75, 3.05) is 5.32 Å². The van der Waals surface area contributed by atoms with Crippen molar-refractivity contribution in [1.29, 1.82) is 0 Å². The lowest BCUT2D eigenvalue weighted by molar-refractivity contribution is 0.0691. The van der Waals surface area contributed by atoms with E-state index in [9.17, 15) is 4.79 Å². The molecule has 2 aromatic rings. The number of carboxylic acid groups (broad SMARTS) is 1. The van der Waals surface area contributed by atoms with Crippen molar-refractivity contribution >= 4 is 17.5 Å². The molecule has 0 saturated carbocycles. The zero-order chi connectivity index (χ0) is 12.3. The summed E-state index contributed by atoms with van der Waals surface area (Å²) < 4.78 is 1.72. The Morgan fingerprint density at radius 2 is 2.24 bits per heavy atom. The van der Waals surface area contributed by atoms with E-state index in [1.807, 2.05) is 6.92 Å². The first kappa shape index (κ1) is 11.1. The second-order valence-corrected chi connectivity index (χ2v) is 3.27. The average molecular weight is 233 g/mol. The first-order chi connectivity index (χ1) is 8.20. The van der Waals surface area contributed by atoms with Crippen LogP contribution in [-0.2, 0) is 6.54 Å². The fourth-order valence-corrected chi connectivity index (χ4v) is 1.32. The van der Waals surface area contributed by atoms with Crippen LogP contribution in [0.4, 0.5) is 11.5 Å². The van der Waals surface area contributed by atoms with Crippen molar-refractivity contribution < 1.29 is 9.90 Å². The number of aromatic nitrogens is 4. The zero-order valence-corrected chi connectivity index (χ0v) is 9.16. The van der Waals surface area contributed by atoms with Gasteiger partial charge in [0.2, 0.25) is 0 Å². The Balaban J connectivity index is 2.26. The van der Waals surface area contributed by atoms with Gasteiger partial charge in [-0.05, 0) is 6.92 Å². The molecule has 2 N–H and O–H groups in total. The van der Waals surface area contributed by atoms with Crippen molar-refractivity contribution in [3.8, 4) is 0 Å². The van der Waals surface area contributed by atoms with Crippen LogP contribution in [0.2, 0.25) is 0 Å². The SMILES string of the molecule is CCn1cc(Nc2nccnc2C(=O)O)cn1. The number of carbonyl (C=O) groups is 1. The maximum absolute atomic E-state index is 10.9. The van der Waals surface area contributed by atoms with E-state index in [0.717, 1.165) is 6.54 Å². The molecule has 0 fully saturated rings. The fourth-order valence-electron chi connectivity index (χ4n) is 1.32. The number of aromatic carboxylic acids is 1. The molecule has 0 aliphatic heterocycles. The molecule has 7 nitrogen and oxygen atoms in total. The molecule has 0 atom stereocenters. The highest BCUT2D eigenvalue weighted by Crippen LogP contribution is 2.15. The topological polar surface area (TPSA) is 92.9 Å². The third kappa shape index (κ3) is 2.39. The van der Waals surface area contributed by atoms with Crippen LogP contribution in [-0.4, -0.2) is 30.8 Å². The number of rotatable bonds is 4. The van der Waals surface area contributed by atoms with Gasteiger partial charge in [-0.1, -0.05) is 0 Å². The summed E-state index contributed by atoms with van der Waals surface area (Å²) in [6.07, 6.45) is 6.13. The summed E-state index contributed by atoms with van der Waals surface area (Å²) in [6.45, 7) is 2.70. The van der Waals surface area contributed by atoms with Crippen LogP contribution < -0.4 is 5.32 Å². The Kier molecular flexibility index (Phi) is 2.99. The molecule has 17 heavy (non-hydrogen) atoms. The molecule has 0 radical (unpaired) electrons. The summed E-state index contributed by atoms with van der Waals surface area (Å²) in [5.74, 6) is -0.917. The quantitative estimate of drug-likeness (QED) is 0.822. The van der Waals surface area contributed by atoms with Gasteiger partial charge in [-0.2, -0.15) is 5.10 Å². The smallest absolute Gasteiger partial charge is 0.358 e. The normalized spacial score (nSPS) is 10.2. The van der Waals surface area contributed by atoms with Crippen molar-refractivity contribution in [1.82, 2.24) is 19.7 Å². The van der Waals surface area contributed by atoms with Gasteiger partial charge >= 0.3 is 5.97 Å². The summed E-state index contributed by atoms with van der Waals surface area (Å²) in [4.78, 5) is 18.6. The van der Waals surface area contributed by atoms with Gasteiger partial charge in [0.1, 0.15) is 0 Å². The van der Waals surface area contributed by atoms with Crippen molar-refractivity contribution in [2.24, 2.45) is 0 Å². The van der Waals surface area contributed by atoms with Crippen LogP contribution in [0.25, 0.3) is 0 Å². The maximum atomic E-state index is 10.9. The number of anilines is 2. The van der Waals surface area contributed by atoms with E-state index in [1.165, 1.54) is 12.4 Å². The zero-order valence-electron chi connectivity index (χ0n) is 9.16. The second-order valence-electron chi connectivity index (χ2n) is 3.27.